The summed E-state index contributed by atoms with van der Waals surface area (Å²) in [6.45, 7) is 3.35. The van der Waals surface area contributed by atoms with Crippen molar-refractivity contribution < 1.29 is 19.5 Å². The second-order valence-electron chi connectivity index (χ2n) is 3.92. The third-order valence-corrected chi connectivity index (χ3v) is 3.03. The summed E-state index contributed by atoms with van der Waals surface area (Å²) in [6.07, 6.45) is 0.658. The fourth-order valence-electron chi connectivity index (χ4n) is 1.52. The number of carboxylic acid groups (broad SMARTS) is 1. The topological polar surface area (TPSA) is 95.5 Å². The molecule has 0 unspecified atom stereocenters. The molecule has 0 radical (unpaired) electrons. The lowest BCUT2D eigenvalue weighted by molar-refractivity contribution is -0.152. The van der Waals surface area contributed by atoms with Gasteiger partial charge in [-0.05, 0) is 12.8 Å². The molecule has 98 valence electrons. The molecule has 2 amide bonds. The van der Waals surface area contributed by atoms with Crippen molar-refractivity contribution in [3.8, 4) is 0 Å². The van der Waals surface area contributed by atoms with Gasteiger partial charge in [0.15, 0.2) is 0 Å². The average Bonchev–Trinajstić information content (AvgIpc) is 2.32. The molecule has 0 bridgehead atoms. The summed E-state index contributed by atoms with van der Waals surface area (Å²) in [6, 6.07) is 0. The maximum atomic E-state index is 11.5. The summed E-state index contributed by atoms with van der Waals surface area (Å²) in [7, 11) is 1.47. The zero-order chi connectivity index (χ0) is 13.5. The number of rotatable bonds is 7. The number of likely N-dealkylation sites (N-methyl/N-ethyl adjacent to an activating group) is 1. The molecule has 6 nitrogen and oxygen atoms in total. The van der Waals surface area contributed by atoms with Crippen LogP contribution in [0.25, 0.3) is 0 Å². The lowest BCUT2D eigenvalue weighted by Crippen LogP contribution is -2.40. The van der Waals surface area contributed by atoms with Crippen LogP contribution >= 0.6 is 0 Å². The van der Waals surface area contributed by atoms with Crippen LogP contribution in [0.15, 0.2) is 0 Å². The third-order valence-electron chi connectivity index (χ3n) is 3.03. The summed E-state index contributed by atoms with van der Waals surface area (Å²) in [5, 5.41) is 13.9. The highest BCUT2D eigenvalue weighted by Crippen LogP contribution is 2.30. The molecular formula is C11H20N2O4. The van der Waals surface area contributed by atoms with Gasteiger partial charge in [-0.15, -0.1) is 0 Å². The van der Waals surface area contributed by atoms with Crippen LogP contribution in [-0.4, -0.2) is 36.5 Å². The molecule has 0 aromatic carbocycles. The van der Waals surface area contributed by atoms with Gasteiger partial charge in [0.25, 0.3) is 0 Å². The highest BCUT2D eigenvalue weighted by Gasteiger charge is 2.37. The van der Waals surface area contributed by atoms with Crippen molar-refractivity contribution in [2.24, 2.45) is 5.41 Å². The first kappa shape index (κ1) is 15.4. The van der Waals surface area contributed by atoms with Gasteiger partial charge >= 0.3 is 5.97 Å². The van der Waals surface area contributed by atoms with E-state index in [0.29, 0.717) is 12.8 Å². The monoisotopic (exact) mass is 244 g/mol. The van der Waals surface area contributed by atoms with Crippen LogP contribution < -0.4 is 10.6 Å². The van der Waals surface area contributed by atoms with Crippen LogP contribution in [0.4, 0.5) is 0 Å². The Bertz CT molecular complexity index is 298. The number of hydrogen-bond acceptors (Lipinski definition) is 3. The van der Waals surface area contributed by atoms with Crippen molar-refractivity contribution in [1.29, 1.82) is 0 Å². The lowest BCUT2D eigenvalue weighted by atomic mass is 9.79. The van der Waals surface area contributed by atoms with E-state index in [1.807, 2.05) is 0 Å². The van der Waals surface area contributed by atoms with Gasteiger partial charge in [-0.1, -0.05) is 13.8 Å². The van der Waals surface area contributed by atoms with Crippen LogP contribution in [0.2, 0.25) is 0 Å². The van der Waals surface area contributed by atoms with Crippen LogP contribution in [0.1, 0.15) is 33.1 Å². The molecule has 6 heteroatoms. The molecule has 0 aliphatic heterocycles. The van der Waals surface area contributed by atoms with E-state index in [4.69, 9.17) is 5.11 Å². The smallest absolute Gasteiger partial charge is 0.310 e. The lowest BCUT2D eigenvalue weighted by Gasteiger charge is -2.25. The zero-order valence-electron chi connectivity index (χ0n) is 10.5. The van der Waals surface area contributed by atoms with Gasteiger partial charge < -0.3 is 15.7 Å². The van der Waals surface area contributed by atoms with Gasteiger partial charge in [0, 0.05) is 13.5 Å². The number of aliphatic carboxylic acids is 1. The Morgan fingerprint density at radius 1 is 1.12 bits per heavy atom. The first-order chi connectivity index (χ1) is 7.91. The van der Waals surface area contributed by atoms with Gasteiger partial charge in [0.05, 0.1) is 12.0 Å². The van der Waals surface area contributed by atoms with E-state index >= 15 is 0 Å². The largest absolute Gasteiger partial charge is 0.481 e. The van der Waals surface area contributed by atoms with Crippen LogP contribution in [0, 0.1) is 5.41 Å². The molecule has 0 aromatic heterocycles. The van der Waals surface area contributed by atoms with Gasteiger partial charge in [-0.2, -0.15) is 0 Å². The average molecular weight is 244 g/mol. The maximum absolute atomic E-state index is 11.5. The zero-order valence-corrected chi connectivity index (χ0v) is 10.5. The van der Waals surface area contributed by atoms with E-state index in [-0.39, 0.29) is 18.9 Å². The molecule has 0 spiro atoms. The molecule has 0 fully saturated rings. The highest BCUT2D eigenvalue weighted by atomic mass is 16.4. The molecule has 0 saturated carbocycles. The van der Waals surface area contributed by atoms with Gasteiger partial charge in [-0.25, -0.2) is 0 Å². The normalized spacial score (nSPS) is 10.8. The number of nitrogens with one attached hydrogen (secondary N) is 2. The Labute approximate surface area is 101 Å². The van der Waals surface area contributed by atoms with Crippen molar-refractivity contribution in [1.82, 2.24) is 10.6 Å². The Balaban J connectivity index is 4.42. The molecule has 0 atom stereocenters. The number of hydrogen-bond donors (Lipinski definition) is 3. The van der Waals surface area contributed by atoms with E-state index in [9.17, 15) is 14.4 Å². The minimum atomic E-state index is -1.03. The van der Waals surface area contributed by atoms with Crippen LogP contribution in [-0.2, 0) is 14.4 Å². The minimum absolute atomic E-state index is 0.105. The summed E-state index contributed by atoms with van der Waals surface area (Å²) in [5.41, 5.74) is -1.03. The van der Waals surface area contributed by atoms with Gasteiger partial charge in [-0.3, -0.25) is 14.4 Å². The van der Waals surface area contributed by atoms with E-state index in [1.165, 1.54) is 7.05 Å². The number of carbonyl (C=O) groups is 3. The van der Waals surface area contributed by atoms with Crippen molar-refractivity contribution in [3.63, 3.8) is 0 Å². The van der Waals surface area contributed by atoms with Gasteiger partial charge in [0.2, 0.25) is 11.8 Å². The minimum Gasteiger partial charge on any atom is -0.481 e. The van der Waals surface area contributed by atoms with Crippen molar-refractivity contribution in [2.75, 3.05) is 13.6 Å². The number of carbonyl (C=O) groups excluding carboxylic acids is 2. The molecule has 0 rings (SSSR count). The van der Waals surface area contributed by atoms with E-state index < -0.39 is 17.3 Å². The second kappa shape index (κ2) is 6.88. The van der Waals surface area contributed by atoms with E-state index in [2.05, 4.69) is 10.6 Å². The third kappa shape index (κ3) is 4.42. The Morgan fingerprint density at radius 3 is 2.00 bits per heavy atom. The molecule has 17 heavy (non-hydrogen) atoms. The molecule has 0 saturated heterocycles. The first-order valence-electron chi connectivity index (χ1n) is 5.62. The fraction of sp³-hybridized carbons (Fsp3) is 0.727. The molecule has 0 aliphatic carbocycles. The van der Waals surface area contributed by atoms with Gasteiger partial charge in [0.1, 0.15) is 0 Å². The maximum Gasteiger partial charge on any atom is 0.310 e. The molecular weight excluding hydrogens is 224 g/mol. The Kier molecular flexibility index (Phi) is 6.23. The Morgan fingerprint density at radius 2 is 1.65 bits per heavy atom. The summed E-state index contributed by atoms with van der Waals surface area (Å²) in [5.74, 6) is -1.70. The molecule has 0 aliphatic rings. The molecule has 3 N–H and O–H groups in total. The predicted molar refractivity (Wildman–Crippen MR) is 62.3 cm³/mol. The standard InChI is InChI=1S/C11H20N2O4/c1-4-11(5-2,10(16)17)6-8(14)13-7-9(15)12-3/h4-7H2,1-3H3,(H,12,15)(H,13,14)(H,16,17). The summed E-state index contributed by atoms with van der Waals surface area (Å²) >= 11 is 0. The Hall–Kier alpha value is -1.59. The fourth-order valence-corrected chi connectivity index (χ4v) is 1.52. The summed E-state index contributed by atoms with van der Waals surface area (Å²) < 4.78 is 0. The van der Waals surface area contributed by atoms with E-state index in [1.54, 1.807) is 13.8 Å². The number of carboxylic acids is 1. The van der Waals surface area contributed by atoms with Crippen molar-refractivity contribution >= 4 is 17.8 Å². The highest BCUT2D eigenvalue weighted by molar-refractivity contribution is 5.88. The molecule has 0 aromatic rings. The quantitative estimate of drug-likeness (QED) is 0.593. The molecule has 0 heterocycles. The predicted octanol–water partition coefficient (Wildman–Crippen LogP) is 0.130. The van der Waals surface area contributed by atoms with Crippen LogP contribution in [0.3, 0.4) is 0 Å². The van der Waals surface area contributed by atoms with Crippen molar-refractivity contribution in [2.45, 2.75) is 33.1 Å². The SMILES string of the molecule is CCC(CC)(CC(=O)NCC(=O)NC)C(=O)O. The second-order valence-corrected chi connectivity index (χ2v) is 3.92. The van der Waals surface area contributed by atoms with Crippen molar-refractivity contribution in [3.05, 3.63) is 0 Å². The number of amides is 2. The van der Waals surface area contributed by atoms with Crippen LogP contribution in [0.5, 0.6) is 0 Å². The van der Waals surface area contributed by atoms with E-state index in [0.717, 1.165) is 0 Å². The first-order valence-corrected chi connectivity index (χ1v) is 5.62. The summed E-state index contributed by atoms with van der Waals surface area (Å²) in [4.78, 5) is 33.6.